The Labute approximate surface area is 148 Å². The van der Waals surface area contributed by atoms with Crippen molar-refractivity contribution in [1.82, 2.24) is 4.98 Å². The lowest BCUT2D eigenvalue weighted by Crippen LogP contribution is -2.17. The van der Waals surface area contributed by atoms with Gasteiger partial charge in [-0.25, -0.2) is 0 Å². The summed E-state index contributed by atoms with van der Waals surface area (Å²) in [4.78, 5) is 27.0. The van der Waals surface area contributed by atoms with E-state index in [2.05, 4.69) is 10.3 Å². The lowest BCUT2D eigenvalue weighted by atomic mass is 10.1. The highest BCUT2D eigenvalue weighted by Gasteiger charge is 2.11. The minimum absolute atomic E-state index is 0.156. The van der Waals surface area contributed by atoms with Gasteiger partial charge in [0.25, 0.3) is 5.56 Å². The maximum atomic E-state index is 12.1. The first-order valence-electron chi connectivity index (χ1n) is 7.39. The van der Waals surface area contributed by atoms with Crippen molar-refractivity contribution in [1.29, 1.82) is 0 Å². The Balaban J connectivity index is 1.73. The molecule has 0 spiro atoms. The summed E-state index contributed by atoms with van der Waals surface area (Å²) in [6.07, 6.45) is 0.483. The molecule has 24 heavy (non-hydrogen) atoms. The smallest absolute Gasteiger partial charge is 0.251 e. The minimum atomic E-state index is -0.252. The van der Waals surface area contributed by atoms with Crippen LogP contribution in [0.2, 0.25) is 10.0 Å². The van der Waals surface area contributed by atoms with Crippen LogP contribution < -0.4 is 10.9 Å². The van der Waals surface area contributed by atoms with Crippen molar-refractivity contribution in [2.45, 2.75) is 12.8 Å². The highest BCUT2D eigenvalue weighted by atomic mass is 35.5. The summed E-state index contributed by atoms with van der Waals surface area (Å²) in [7, 11) is 0. The molecule has 0 saturated carbocycles. The summed E-state index contributed by atoms with van der Waals surface area (Å²) >= 11 is 12.1. The van der Waals surface area contributed by atoms with E-state index in [4.69, 9.17) is 23.2 Å². The normalized spacial score (nSPS) is 10.8. The molecule has 0 unspecified atom stereocenters. The van der Waals surface area contributed by atoms with Crippen LogP contribution in [0.25, 0.3) is 10.9 Å². The third kappa shape index (κ3) is 3.61. The van der Waals surface area contributed by atoms with Crippen LogP contribution in [0.1, 0.15) is 12.0 Å². The quantitative estimate of drug-likeness (QED) is 0.723. The van der Waals surface area contributed by atoms with Crippen molar-refractivity contribution in [3.8, 4) is 0 Å². The number of hydrogen-bond donors (Lipinski definition) is 2. The molecule has 122 valence electrons. The lowest BCUT2D eigenvalue weighted by molar-refractivity contribution is -0.116. The van der Waals surface area contributed by atoms with Gasteiger partial charge >= 0.3 is 0 Å². The van der Waals surface area contributed by atoms with Gasteiger partial charge in [-0.1, -0.05) is 47.5 Å². The van der Waals surface area contributed by atoms with Gasteiger partial charge in [0.1, 0.15) is 0 Å². The molecule has 0 saturated heterocycles. The predicted octanol–water partition coefficient (Wildman–Crippen LogP) is 4.41. The van der Waals surface area contributed by atoms with E-state index in [0.29, 0.717) is 27.7 Å². The topological polar surface area (TPSA) is 62.0 Å². The molecule has 0 atom stereocenters. The van der Waals surface area contributed by atoms with Gasteiger partial charge in [-0.05, 0) is 36.1 Å². The van der Waals surface area contributed by atoms with Crippen molar-refractivity contribution in [3.63, 3.8) is 0 Å². The number of rotatable bonds is 4. The molecule has 1 amide bonds. The Hall–Kier alpha value is -2.30. The number of aryl methyl sites for hydroxylation is 1. The highest BCUT2D eigenvalue weighted by molar-refractivity contribution is 6.39. The van der Waals surface area contributed by atoms with Gasteiger partial charge in [-0.3, -0.25) is 9.59 Å². The molecule has 1 heterocycles. The molecule has 0 aliphatic heterocycles. The van der Waals surface area contributed by atoms with Gasteiger partial charge in [0.15, 0.2) is 0 Å². The number of aromatic nitrogens is 1. The molecule has 0 radical (unpaired) electrons. The first-order chi connectivity index (χ1) is 11.5. The molecular formula is C18H14Cl2N2O2. The number of anilines is 1. The van der Waals surface area contributed by atoms with E-state index >= 15 is 0 Å². The molecule has 3 rings (SSSR count). The van der Waals surface area contributed by atoms with Crippen LogP contribution in [0.4, 0.5) is 5.69 Å². The third-order valence-electron chi connectivity index (χ3n) is 3.68. The zero-order valence-corrected chi connectivity index (χ0v) is 14.1. The number of fused-ring (bicyclic) bond motifs is 1. The number of aromatic amines is 1. The molecule has 6 heteroatoms. The maximum Gasteiger partial charge on any atom is 0.251 e. The zero-order valence-electron chi connectivity index (χ0n) is 12.6. The molecule has 0 aliphatic rings. The van der Waals surface area contributed by atoms with Gasteiger partial charge in [-0.15, -0.1) is 0 Å². The number of pyridine rings is 1. The zero-order chi connectivity index (χ0) is 17.1. The molecule has 3 aromatic rings. The number of hydrogen-bond acceptors (Lipinski definition) is 2. The van der Waals surface area contributed by atoms with Gasteiger partial charge in [0.2, 0.25) is 5.91 Å². The van der Waals surface area contributed by atoms with Gasteiger partial charge in [-0.2, -0.15) is 0 Å². The van der Waals surface area contributed by atoms with E-state index in [1.165, 1.54) is 0 Å². The van der Waals surface area contributed by atoms with Crippen LogP contribution in [0.5, 0.6) is 0 Å². The molecule has 0 bridgehead atoms. The largest absolute Gasteiger partial charge is 0.324 e. The minimum Gasteiger partial charge on any atom is -0.324 e. The number of amides is 1. The summed E-state index contributed by atoms with van der Waals surface area (Å²) in [5.74, 6) is -0.252. The Morgan fingerprint density at radius 2 is 1.75 bits per heavy atom. The van der Waals surface area contributed by atoms with E-state index in [1.54, 1.807) is 18.2 Å². The molecule has 2 N–H and O–H groups in total. The van der Waals surface area contributed by atoms with Crippen LogP contribution in [0.3, 0.4) is 0 Å². The molecule has 2 aromatic carbocycles. The Morgan fingerprint density at radius 3 is 2.50 bits per heavy atom. The Bertz CT molecular complexity index is 946. The van der Waals surface area contributed by atoms with E-state index in [0.717, 1.165) is 10.9 Å². The summed E-state index contributed by atoms with van der Waals surface area (Å²) in [5, 5.41) is 4.37. The third-order valence-corrected chi connectivity index (χ3v) is 4.31. The van der Waals surface area contributed by atoms with Crippen LogP contribution in [0, 0.1) is 0 Å². The van der Waals surface area contributed by atoms with Gasteiger partial charge in [0.05, 0.1) is 15.7 Å². The SMILES string of the molecule is O=C(CCc1cc2ccccc2[nH]c1=O)Nc1c(Cl)cccc1Cl. The standard InChI is InChI=1S/C18H14Cl2N2O2/c19-13-5-3-6-14(20)17(13)22-16(23)9-8-12-10-11-4-1-2-7-15(11)21-18(12)24/h1-7,10H,8-9H2,(H,21,24)(H,22,23). The Kier molecular flexibility index (Phi) is 4.88. The van der Waals surface area contributed by atoms with Crippen LogP contribution in [-0.2, 0) is 11.2 Å². The second-order valence-corrected chi connectivity index (χ2v) is 6.17. The van der Waals surface area contributed by atoms with E-state index in [-0.39, 0.29) is 17.9 Å². The molecule has 0 aliphatic carbocycles. The second-order valence-electron chi connectivity index (χ2n) is 5.36. The number of carbonyl (C=O) groups is 1. The van der Waals surface area contributed by atoms with E-state index < -0.39 is 0 Å². The summed E-state index contributed by atoms with van der Waals surface area (Å²) < 4.78 is 0. The molecular weight excluding hydrogens is 347 g/mol. The first-order valence-corrected chi connectivity index (χ1v) is 8.15. The summed E-state index contributed by atoms with van der Waals surface area (Å²) in [6.45, 7) is 0. The average molecular weight is 361 g/mol. The Morgan fingerprint density at radius 1 is 1.04 bits per heavy atom. The maximum absolute atomic E-state index is 12.1. The predicted molar refractivity (Wildman–Crippen MR) is 98.0 cm³/mol. The van der Waals surface area contributed by atoms with Crippen molar-refractivity contribution in [3.05, 3.63) is 74.5 Å². The number of H-pyrrole nitrogens is 1. The number of para-hydroxylation sites is 2. The van der Waals surface area contributed by atoms with Crippen LogP contribution in [-0.4, -0.2) is 10.9 Å². The van der Waals surface area contributed by atoms with Gasteiger partial charge in [0, 0.05) is 17.5 Å². The number of carbonyl (C=O) groups excluding carboxylic acids is 1. The fourth-order valence-corrected chi connectivity index (χ4v) is 2.94. The highest BCUT2D eigenvalue weighted by Crippen LogP contribution is 2.29. The van der Waals surface area contributed by atoms with Crippen molar-refractivity contribution in [2.75, 3.05) is 5.32 Å². The lowest BCUT2D eigenvalue weighted by Gasteiger charge is -2.09. The fraction of sp³-hybridized carbons (Fsp3) is 0.111. The first kappa shape index (κ1) is 16.6. The van der Waals surface area contributed by atoms with Crippen molar-refractivity contribution in [2.24, 2.45) is 0 Å². The van der Waals surface area contributed by atoms with E-state index in [1.807, 2.05) is 30.3 Å². The molecule has 1 aromatic heterocycles. The summed E-state index contributed by atoms with van der Waals surface area (Å²) in [6, 6.07) is 14.3. The number of nitrogens with one attached hydrogen (secondary N) is 2. The van der Waals surface area contributed by atoms with Crippen LogP contribution in [0.15, 0.2) is 53.3 Å². The van der Waals surface area contributed by atoms with E-state index in [9.17, 15) is 9.59 Å². The number of halogens is 2. The number of benzene rings is 2. The molecule has 0 fully saturated rings. The van der Waals surface area contributed by atoms with Crippen molar-refractivity contribution < 1.29 is 4.79 Å². The molecule has 4 nitrogen and oxygen atoms in total. The van der Waals surface area contributed by atoms with Crippen molar-refractivity contribution >= 4 is 45.7 Å². The fourth-order valence-electron chi connectivity index (χ4n) is 2.45. The monoisotopic (exact) mass is 360 g/mol. The second kappa shape index (κ2) is 7.07. The van der Waals surface area contributed by atoms with Crippen LogP contribution >= 0.6 is 23.2 Å². The average Bonchev–Trinajstić information content (AvgIpc) is 2.56. The van der Waals surface area contributed by atoms with Gasteiger partial charge < -0.3 is 10.3 Å². The summed E-state index contributed by atoms with van der Waals surface area (Å²) in [5.41, 5.74) is 1.54.